The summed E-state index contributed by atoms with van der Waals surface area (Å²) in [5.74, 6) is 0.0969. The Morgan fingerprint density at radius 2 is 2.25 bits per heavy atom. The molecule has 0 bridgehead atoms. The van der Waals surface area contributed by atoms with Crippen LogP contribution in [-0.4, -0.2) is 11.1 Å². The normalized spacial score (nSPS) is 10.1. The van der Waals surface area contributed by atoms with Gasteiger partial charge >= 0.3 is 5.97 Å². The molecule has 0 saturated carbocycles. The molecule has 1 aromatic heterocycles. The Bertz CT molecular complexity index is 700. The topological polar surface area (TPSA) is 83.5 Å². The van der Waals surface area contributed by atoms with Crippen LogP contribution in [0.2, 0.25) is 0 Å². The second-order valence-electron chi connectivity index (χ2n) is 4.03. The van der Waals surface area contributed by atoms with E-state index < -0.39 is 5.97 Å². The van der Waals surface area contributed by atoms with E-state index in [1.165, 1.54) is 6.07 Å². The number of hydrogen-bond donors (Lipinski definition) is 1. The van der Waals surface area contributed by atoms with Gasteiger partial charge in [0.15, 0.2) is 0 Å². The number of nitriles is 1. The molecular formula is C14H10BrNO4. The lowest BCUT2D eigenvalue weighted by molar-refractivity contribution is 0.0695. The third-order valence-electron chi connectivity index (χ3n) is 2.63. The zero-order chi connectivity index (χ0) is 14.7. The van der Waals surface area contributed by atoms with Gasteiger partial charge in [-0.25, -0.2) is 4.79 Å². The minimum Gasteiger partial charge on any atom is -0.484 e. The third-order valence-corrected chi connectivity index (χ3v) is 3.12. The fourth-order valence-corrected chi connectivity index (χ4v) is 2.05. The summed E-state index contributed by atoms with van der Waals surface area (Å²) >= 11 is 3.27. The van der Waals surface area contributed by atoms with E-state index in [1.54, 1.807) is 25.1 Å². The molecule has 6 heteroatoms. The Hall–Kier alpha value is -2.26. The van der Waals surface area contributed by atoms with Crippen molar-refractivity contribution in [3.63, 3.8) is 0 Å². The Balaban J connectivity index is 2.15. The largest absolute Gasteiger partial charge is 0.484 e. The van der Waals surface area contributed by atoms with Gasteiger partial charge in [-0.1, -0.05) is 15.9 Å². The SMILES string of the molecule is Cc1oc(COc2ccc(Br)cc2C#N)cc1C(=O)O. The number of benzene rings is 1. The number of hydrogen-bond acceptors (Lipinski definition) is 4. The Morgan fingerprint density at radius 3 is 2.85 bits per heavy atom. The van der Waals surface area contributed by atoms with E-state index in [9.17, 15) is 4.79 Å². The third kappa shape index (κ3) is 3.00. The summed E-state index contributed by atoms with van der Waals surface area (Å²) in [4.78, 5) is 10.9. The average Bonchev–Trinajstić information content (AvgIpc) is 2.78. The van der Waals surface area contributed by atoms with E-state index in [4.69, 9.17) is 19.5 Å². The van der Waals surface area contributed by atoms with Gasteiger partial charge in [0, 0.05) is 4.47 Å². The molecule has 2 aromatic rings. The van der Waals surface area contributed by atoms with Crippen molar-refractivity contribution >= 4 is 21.9 Å². The average molecular weight is 336 g/mol. The van der Waals surface area contributed by atoms with Crippen molar-refractivity contribution in [2.24, 2.45) is 0 Å². The van der Waals surface area contributed by atoms with Crippen LogP contribution in [0.15, 0.2) is 33.2 Å². The summed E-state index contributed by atoms with van der Waals surface area (Å²) in [5.41, 5.74) is 0.501. The first-order valence-corrected chi connectivity index (χ1v) is 6.45. The highest BCUT2D eigenvalue weighted by Gasteiger charge is 2.14. The maximum atomic E-state index is 10.9. The predicted octanol–water partition coefficient (Wildman–Crippen LogP) is 3.50. The second-order valence-corrected chi connectivity index (χ2v) is 4.94. The van der Waals surface area contributed by atoms with E-state index in [-0.39, 0.29) is 12.2 Å². The van der Waals surface area contributed by atoms with E-state index >= 15 is 0 Å². The molecule has 5 nitrogen and oxygen atoms in total. The van der Waals surface area contributed by atoms with Gasteiger partial charge < -0.3 is 14.3 Å². The number of aryl methyl sites for hydroxylation is 1. The molecule has 0 aliphatic heterocycles. The van der Waals surface area contributed by atoms with Crippen molar-refractivity contribution in [1.82, 2.24) is 0 Å². The fraction of sp³-hybridized carbons (Fsp3) is 0.143. The molecule has 102 valence electrons. The van der Waals surface area contributed by atoms with E-state index in [0.717, 1.165) is 4.47 Å². The van der Waals surface area contributed by atoms with Crippen molar-refractivity contribution < 1.29 is 19.1 Å². The van der Waals surface area contributed by atoms with Crippen LogP contribution in [-0.2, 0) is 6.61 Å². The van der Waals surface area contributed by atoms with Gasteiger partial charge in [-0.15, -0.1) is 0 Å². The Kier molecular flexibility index (Phi) is 4.11. The highest BCUT2D eigenvalue weighted by atomic mass is 79.9. The molecule has 1 N–H and O–H groups in total. The maximum absolute atomic E-state index is 10.9. The van der Waals surface area contributed by atoms with Crippen molar-refractivity contribution in [3.8, 4) is 11.8 Å². The van der Waals surface area contributed by atoms with E-state index in [2.05, 4.69) is 15.9 Å². The lowest BCUT2D eigenvalue weighted by Crippen LogP contribution is -1.97. The number of carboxylic acid groups (broad SMARTS) is 1. The smallest absolute Gasteiger partial charge is 0.339 e. The molecule has 0 fully saturated rings. The van der Waals surface area contributed by atoms with Crippen LogP contribution in [0.5, 0.6) is 5.75 Å². The van der Waals surface area contributed by atoms with Crippen LogP contribution < -0.4 is 4.74 Å². The minimum atomic E-state index is -1.04. The van der Waals surface area contributed by atoms with Crippen LogP contribution in [0.1, 0.15) is 27.4 Å². The molecular weight excluding hydrogens is 326 g/mol. The van der Waals surface area contributed by atoms with E-state index in [0.29, 0.717) is 22.8 Å². The summed E-state index contributed by atoms with van der Waals surface area (Å²) < 4.78 is 11.6. The van der Waals surface area contributed by atoms with Crippen molar-refractivity contribution in [2.45, 2.75) is 13.5 Å². The molecule has 2 rings (SSSR count). The Labute approximate surface area is 123 Å². The fourth-order valence-electron chi connectivity index (χ4n) is 1.69. The van der Waals surface area contributed by atoms with Crippen LogP contribution >= 0.6 is 15.9 Å². The van der Waals surface area contributed by atoms with Gasteiger partial charge in [-0.3, -0.25) is 0 Å². The summed E-state index contributed by atoms with van der Waals surface area (Å²) in [6.45, 7) is 1.64. The summed E-state index contributed by atoms with van der Waals surface area (Å²) in [6.07, 6.45) is 0. The zero-order valence-electron chi connectivity index (χ0n) is 10.5. The number of aromatic carboxylic acids is 1. The van der Waals surface area contributed by atoms with Gasteiger partial charge in [0.1, 0.15) is 35.5 Å². The summed E-state index contributed by atoms with van der Waals surface area (Å²) in [6, 6.07) is 8.51. The van der Waals surface area contributed by atoms with Gasteiger partial charge in [-0.2, -0.15) is 5.26 Å². The molecule has 1 heterocycles. The van der Waals surface area contributed by atoms with Crippen LogP contribution in [0.4, 0.5) is 0 Å². The van der Waals surface area contributed by atoms with Gasteiger partial charge in [0.2, 0.25) is 0 Å². The molecule has 0 saturated heterocycles. The first kappa shape index (κ1) is 14.2. The van der Waals surface area contributed by atoms with Crippen LogP contribution in [0, 0.1) is 18.3 Å². The van der Waals surface area contributed by atoms with Crippen molar-refractivity contribution in [2.75, 3.05) is 0 Å². The molecule has 0 atom stereocenters. The number of rotatable bonds is 4. The van der Waals surface area contributed by atoms with Gasteiger partial charge in [0.25, 0.3) is 0 Å². The quantitative estimate of drug-likeness (QED) is 0.924. The van der Waals surface area contributed by atoms with Crippen molar-refractivity contribution in [3.05, 3.63) is 51.4 Å². The molecule has 0 radical (unpaired) electrons. The number of furan rings is 1. The zero-order valence-corrected chi connectivity index (χ0v) is 12.1. The van der Waals surface area contributed by atoms with Gasteiger partial charge in [-0.05, 0) is 31.2 Å². The standard InChI is InChI=1S/C14H10BrNO4/c1-8-12(14(17)18)5-11(20-8)7-19-13-3-2-10(15)4-9(13)6-16/h2-5H,7H2,1H3,(H,17,18). The first-order chi connectivity index (χ1) is 9.51. The molecule has 20 heavy (non-hydrogen) atoms. The first-order valence-electron chi connectivity index (χ1n) is 5.66. The van der Waals surface area contributed by atoms with Crippen LogP contribution in [0.3, 0.4) is 0 Å². The number of halogens is 1. The molecule has 0 aliphatic carbocycles. The maximum Gasteiger partial charge on any atom is 0.339 e. The van der Waals surface area contributed by atoms with Gasteiger partial charge in [0.05, 0.1) is 5.56 Å². The minimum absolute atomic E-state index is 0.0600. The van der Waals surface area contributed by atoms with Crippen molar-refractivity contribution in [1.29, 1.82) is 5.26 Å². The second kappa shape index (κ2) is 5.80. The monoisotopic (exact) mass is 335 g/mol. The Morgan fingerprint density at radius 1 is 1.50 bits per heavy atom. The van der Waals surface area contributed by atoms with Crippen LogP contribution in [0.25, 0.3) is 0 Å². The lowest BCUT2D eigenvalue weighted by atomic mass is 10.2. The highest BCUT2D eigenvalue weighted by Crippen LogP contribution is 2.24. The number of nitrogens with zero attached hydrogens (tertiary/aromatic N) is 1. The summed E-state index contributed by atoms with van der Waals surface area (Å²) in [5, 5.41) is 17.9. The molecule has 0 unspecified atom stereocenters. The molecule has 0 aliphatic rings. The predicted molar refractivity (Wildman–Crippen MR) is 73.6 cm³/mol. The summed E-state index contributed by atoms with van der Waals surface area (Å²) in [7, 11) is 0. The number of carboxylic acids is 1. The highest BCUT2D eigenvalue weighted by molar-refractivity contribution is 9.10. The lowest BCUT2D eigenvalue weighted by Gasteiger charge is -2.06. The van der Waals surface area contributed by atoms with E-state index in [1.807, 2.05) is 6.07 Å². The number of carbonyl (C=O) groups is 1. The molecule has 0 spiro atoms. The molecule has 0 amide bonds. The molecule has 1 aromatic carbocycles. The number of ether oxygens (including phenoxy) is 1.